The molecule has 0 aliphatic carbocycles. The summed E-state index contributed by atoms with van der Waals surface area (Å²) in [5, 5.41) is 0. The minimum absolute atomic E-state index is 0. The first kappa shape index (κ1) is 9.99. The molecule has 1 aromatic heterocycles. The average molecular weight is 335 g/mol. The second-order valence-electron chi connectivity index (χ2n) is 2.01. The fraction of sp³-hybridized carbons (Fsp3) is 0.333. The first-order valence-electron chi connectivity index (χ1n) is 2.73. The van der Waals surface area contributed by atoms with Crippen LogP contribution in [0, 0.1) is 18.6 Å². The van der Waals surface area contributed by atoms with Crippen LogP contribution in [0.5, 0.6) is 0 Å². The van der Waals surface area contributed by atoms with Crippen LogP contribution in [-0.2, 0) is 21.1 Å². The summed E-state index contributed by atoms with van der Waals surface area (Å²) in [6.45, 7) is 3.89. The molecular formula is C6H8N2PtS. The summed E-state index contributed by atoms with van der Waals surface area (Å²) in [7, 11) is 0. The third-order valence-electron chi connectivity index (χ3n) is 1.01. The van der Waals surface area contributed by atoms with Gasteiger partial charge in [-0.05, 0) is 32.1 Å². The average Bonchev–Trinajstić information content (AvgIpc) is 1.59. The third kappa shape index (κ3) is 2.71. The number of nitrogens with zero attached hydrogens (tertiary/aromatic N) is 1. The molecule has 1 heterocycles. The van der Waals surface area contributed by atoms with Gasteiger partial charge < -0.3 is 4.98 Å². The molecule has 0 aliphatic heterocycles. The molecule has 1 N–H and O–H groups in total. The van der Waals surface area contributed by atoms with Crippen LogP contribution in [0.15, 0.2) is 6.07 Å². The molecule has 0 amide bonds. The number of H-pyrrole nitrogens is 1. The Morgan fingerprint density at radius 1 is 1.50 bits per heavy atom. The Bertz CT molecular complexity index is 245. The summed E-state index contributed by atoms with van der Waals surface area (Å²) in [6.07, 6.45) is 0. The van der Waals surface area contributed by atoms with Crippen molar-refractivity contribution >= 4 is 12.2 Å². The monoisotopic (exact) mass is 335 g/mol. The number of nitrogens with one attached hydrogen (secondary N) is 1. The summed E-state index contributed by atoms with van der Waals surface area (Å²) in [6, 6.07) is 1.95. The zero-order valence-corrected chi connectivity index (χ0v) is 8.84. The van der Waals surface area contributed by atoms with E-state index in [2.05, 4.69) is 9.97 Å². The van der Waals surface area contributed by atoms with Gasteiger partial charge in [0.15, 0.2) is 4.77 Å². The molecule has 0 unspecified atom stereocenters. The summed E-state index contributed by atoms with van der Waals surface area (Å²) < 4.78 is 0.563. The SMILES string of the molecule is Cc1cc(C)[nH]c(=S)n1.[Pt]. The largest absolute Gasteiger partial charge is 0.335 e. The summed E-state index contributed by atoms with van der Waals surface area (Å²) in [4.78, 5) is 6.91. The zero-order chi connectivity index (χ0) is 6.85. The predicted molar refractivity (Wildman–Crippen MR) is 38.9 cm³/mol. The molecule has 1 aromatic rings. The third-order valence-corrected chi connectivity index (χ3v) is 1.20. The summed E-state index contributed by atoms with van der Waals surface area (Å²) >= 11 is 4.82. The first-order valence-corrected chi connectivity index (χ1v) is 3.14. The predicted octanol–water partition coefficient (Wildman–Crippen LogP) is 1.75. The van der Waals surface area contributed by atoms with Crippen molar-refractivity contribution in [1.82, 2.24) is 9.97 Å². The number of hydrogen-bond donors (Lipinski definition) is 1. The quantitative estimate of drug-likeness (QED) is 0.732. The van der Waals surface area contributed by atoms with Gasteiger partial charge in [0.25, 0.3) is 0 Å². The standard InChI is InChI=1S/C6H8N2S.Pt/c1-4-3-5(2)8-6(9)7-4;/h3H,1-2H3,(H,7,8,9);. The Hall–Kier alpha value is -0.0117. The molecule has 4 heteroatoms. The molecule has 0 bridgehead atoms. The van der Waals surface area contributed by atoms with E-state index in [9.17, 15) is 0 Å². The van der Waals surface area contributed by atoms with Gasteiger partial charge in [-0.1, -0.05) is 0 Å². The van der Waals surface area contributed by atoms with Crippen LogP contribution in [0.1, 0.15) is 11.4 Å². The van der Waals surface area contributed by atoms with Gasteiger partial charge in [-0.15, -0.1) is 0 Å². The van der Waals surface area contributed by atoms with E-state index in [-0.39, 0.29) is 21.1 Å². The zero-order valence-electron chi connectivity index (χ0n) is 5.75. The van der Waals surface area contributed by atoms with Crippen LogP contribution in [0.4, 0.5) is 0 Å². The Balaban J connectivity index is 0.000000810. The van der Waals surface area contributed by atoms with Gasteiger partial charge >= 0.3 is 0 Å². The van der Waals surface area contributed by atoms with E-state index < -0.39 is 0 Å². The van der Waals surface area contributed by atoms with Crippen molar-refractivity contribution in [2.75, 3.05) is 0 Å². The number of hydrogen-bond acceptors (Lipinski definition) is 2. The molecule has 58 valence electrons. The number of aromatic nitrogens is 2. The molecule has 10 heavy (non-hydrogen) atoms. The first-order chi connectivity index (χ1) is 4.18. The van der Waals surface area contributed by atoms with Crippen molar-refractivity contribution in [3.05, 3.63) is 22.2 Å². The van der Waals surface area contributed by atoms with E-state index in [4.69, 9.17) is 12.2 Å². The Labute approximate surface area is 79.3 Å². The van der Waals surface area contributed by atoms with Crippen molar-refractivity contribution in [2.45, 2.75) is 13.8 Å². The Kier molecular flexibility index (Phi) is 3.99. The molecule has 0 fully saturated rings. The molecule has 2 nitrogen and oxygen atoms in total. The Morgan fingerprint density at radius 2 is 2.10 bits per heavy atom. The van der Waals surface area contributed by atoms with Gasteiger partial charge in [-0.2, -0.15) is 0 Å². The van der Waals surface area contributed by atoms with Crippen molar-refractivity contribution in [3.63, 3.8) is 0 Å². The van der Waals surface area contributed by atoms with Gasteiger partial charge in [0.2, 0.25) is 0 Å². The molecule has 0 aliphatic rings. The van der Waals surface area contributed by atoms with E-state index in [0.717, 1.165) is 11.4 Å². The van der Waals surface area contributed by atoms with Gasteiger partial charge in [0.1, 0.15) is 0 Å². The Morgan fingerprint density at radius 3 is 2.50 bits per heavy atom. The van der Waals surface area contributed by atoms with E-state index in [1.54, 1.807) is 0 Å². The van der Waals surface area contributed by atoms with E-state index in [1.807, 2.05) is 19.9 Å². The van der Waals surface area contributed by atoms with Crippen molar-refractivity contribution in [3.8, 4) is 0 Å². The summed E-state index contributed by atoms with van der Waals surface area (Å²) in [5.74, 6) is 0. The maximum Gasteiger partial charge on any atom is 0.197 e. The van der Waals surface area contributed by atoms with E-state index >= 15 is 0 Å². The normalized spacial score (nSPS) is 8.60. The van der Waals surface area contributed by atoms with Crippen LogP contribution in [-0.4, -0.2) is 9.97 Å². The van der Waals surface area contributed by atoms with Gasteiger partial charge in [-0.25, -0.2) is 4.98 Å². The number of rotatable bonds is 0. The minimum Gasteiger partial charge on any atom is -0.335 e. The van der Waals surface area contributed by atoms with Gasteiger partial charge in [0, 0.05) is 32.5 Å². The molecule has 0 spiro atoms. The second-order valence-corrected chi connectivity index (χ2v) is 2.40. The van der Waals surface area contributed by atoms with E-state index in [0.29, 0.717) is 4.77 Å². The smallest absolute Gasteiger partial charge is 0.197 e. The van der Waals surface area contributed by atoms with Crippen LogP contribution in [0.2, 0.25) is 0 Å². The molecule has 0 atom stereocenters. The maximum atomic E-state index is 4.82. The van der Waals surface area contributed by atoms with Crippen LogP contribution < -0.4 is 0 Å². The van der Waals surface area contributed by atoms with Crippen molar-refractivity contribution in [1.29, 1.82) is 0 Å². The van der Waals surface area contributed by atoms with Crippen LogP contribution in [0.25, 0.3) is 0 Å². The van der Waals surface area contributed by atoms with Crippen molar-refractivity contribution in [2.24, 2.45) is 0 Å². The molecular weight excluding hydrogens is 327 g/mol. The van der Waals surface area contributed by atoms with E-state index in [1.165, 1.54) is 0 Å². The fourth-order valence-electron chi connectivity index (χ4n) is 0.738. The molecule has 0 aromatic carbocycles. The molecule has 1 rings (SSSR count). The minimum atomic E-state index is 0. The molecule has 0 saturated heterocycles. The van der Waals surface area contributed by atoms with Crippen LogP contribution >= 0.6 is 12.2 Å². The topological polar surface area (TPSA) is 28.7 Å². The fourth-order valence-corrected chi connectivity index (χ4v) is 1.04. The van der Waals surface area contributed by atoms with Gasteiger partial charge in [0.05, 0.1) is 0 Å². The second kappa shape index (κ2) is 3.99. The maximum absolute atomic E-state index is 4.82. The summed E-state index contributed by atoms with van der Waals surface area (Å²) in [5.41, 5.74) is 2.03. The van der Waals surface area contributed by atoms with Gasteiger partial charge in [-0.3, -0.25) is 0 Å². The van der Waals surface area contributed by atoms with Crippen molar-refractivity contribution < 1.29 is 21.1 Å². The molecule has 0 saturated carbocycles. The molecule has 0 radical (unpaired) electrons. The number of aromatic amines is 1. The number of aryl methyl sites for hydroxylation is 2. The van der Waals surface area contributed by atoms with Crippen LogP contribution in [0.3, 0.4) is 0 Å².